The smallest absolute Gasteiger partial charge is 0.328 e. The van der Waals surface area contributed by atoms with E-state index in [4.69, 9.17) is 43.8 Å². The highest BCUT2D eigenvalue weighted by atomic mass is 35.5. The molecular weight excluding hydrogens is 549 g/mol. The standard InChI is InChI=1S/C22H25Cl2N5O7S/c23-15-5-4-14(9-16(15)24)37(33,34)11-20(30)29(17(21(31)32)2-1-7-27-22(25)26)28-10-13-3-6-18-19(8-13)36-12-35-18/h3-6,8-9,17,28H,1-2,7,10-12H2,(H,31,32)(H4,25,26,27)/t17-/m0/s1. The summed E-state index contributed by atoms with van der Waals surface area (Å²) in [6, 6.07) is 7.24. The van der Waals surface area contributed by atoms with E-state index in [1.807, 2.05) is 0 Å². The van der Waals surface area contributed by atoms with Crippen LogP contribution in [0.1, 0.15) is 18.4 Å². The molecule has 0 radical (unpaired) electrons. The largest absolute Gasteiger partial charge is 0.480 e. The van der Waals surface area contributed by atoms with Crippen molar-refractivity contribution in [2.75, 3.05) is 19.1 Å². The molecule has 200 valence electrons. The zero-order valence-electron chi connectivity index (χ0n) is 19.4. The Hall–Kier alpha value is -3.26. The Morgan fingerprint density at radius 3 is 2.54 bits per heavy atom. The second kappa shape index (κ2) is 12.3. The Kier molecular flexibility index (Phi) is 9.43. The van der Waals surface area contributed by atoms with Gasteiger partial charge in [-0.05, 0) is 48.7 Å². The SMILES string of the molecule is N=C(N)NCCC[C@@H](C(=O)O)N(NCc1ccc2c(c1)OCO2)C(=O)CS(=O)(=O)c1ccc(Cl)c(Cl)c1. The van der Waals surface area contributed by atoms with Crippen LogP contribution in [0.15, 0.2) is 41.3 Å². The number of nitrogens with two attached hydrogens (primary N) is 1. The van der Waals surface area contributed by atoms with Crippen LogP contribution in [0, 0.1) is 5.41 Å². The normalized spacial score (nSPS) is 13.1. The topological polar surface area (TPSA) is 184 Å². The molecule has 2 aromatic carbocycles. The van der Waals surface area contributed by atoms with E-state index in [2.05, 4.69) is 10.7 Å². The van der Waals surface area contributed by atoms with Gasteiger partial charge in [-0.25, -0.2) is 18.6 Å². The second-order valence-electron chi connectivity index (χ2n) is 7.96. The Morgan fingerprint density at radius 1 is 1.14 bits per heavy atom. The summed E-state index contributed by atoms with van der Waals surface area (Å²) in [7, 11) is -4.19. The quantitative estimate of drug-likeness (QED) is 0.108. The van der Waals surface area contributed by atoms with Crippen molar-refractivity contribution in [3.05, 3.63) is 52.0 Å². The maximum Gasteiger partial charge on any atom is 0.328 e. The highest BCUT2D eigenvalue weighted by Gasteiger charge is 2.33. The molecule has 12 nitrogen and oxygen atoms in total. The number of carbonyl (C=O) groups is 2. The summed E-state index contributed by atoms with van der Waals surface area (Å²) in [5.74, 6) is -2.60. The van der Waals surface area contributed by atoms with E-state index in [1.165, 1.54) is 12.1 Å². The fourth-order valence-electron chi connectivity index (χ4n) is 3.47. The number of carboxylic acid groups (broad SMARTS) is 1. The number of rotatable bonds is 12. The summed E-state index contributed by atoms with van der Waals surface area (Å²) < 4.78 is 36.5. The Balaban J connectivity index is 1.82. The Bertz CT molecular complexity index is 1290. The van der Waals surface area contributed by atoms with Gasteiger partial charge in [0.15, 0.2) is 27.3 Å². The minimum Gasteiger partial charge on any atom is -0.480 e. The molecule has 3 rings (SSSR count). The van der Waals surface area contributed by atoms with E-state index in [0.29, 0.717) is 17.1 Å². The maximum atomic E-state index is 13.2. The average molecular weight is 574 g/mol. The third-order valence-electron chi connectivity index (χ3n) is 5.29. The van der Waals surface area contributed by atoms with Crippen molar-refractivity contribution in [2.45, 2.75) is 30.3 Å². The molecule has 1 amide bonds. The summed E-state index contributed by atoms with van der Waals surface area (Å²) in [6.45, 7) is 0.244. The molecule has 15 heteroatoms. The molecule has 1 heterocycles. The summed E-state index contributed by atoms with van der Waals surface area (Å²) in [5.41, 5.74) is 8.64. The zero-order chi connectivity index (χ0) is 27.2. The van der Waals surface area contributed by atoms with Crippen molar-refractivity contribution in [3.63, 3.8) is 0 Å². The van der Waals surface area contributed by atoms with Gasteiger partial charge in [-0.15, -0.1) is 0 Å². The van der Waals surface area contributed by atoms with Crippen LogP contribution < -0.4 is 25.9 Å². The molecule has 0 bridgehead atoms. The Morgan fingerprint density at radius 2 is 1.86 bits per heavy atom. The number of hydrazine groups is 1. The van der Waals surface area contributed by atoms with Crippen molar-refractivity contribution < 1.29 is 32.6 Å². The van der Waals surface area contributed by atoms with Gasteiger partial charge in [-0.2, -0.15) is 0 Å². The number of guanidine groups is 1. The number of halogens is 2. The number of benzene rings is 2. The van der Waals surface area contributed by atoms with Crippen molar-refractivity contribution >= 4 is 50.9 Å². The summed E-state index contributed by atoms with van der Waals surface area (Å²) in [4.78, 5) is 25.1. The Labute approximate surface area is 223 Å². The molecule has 1 aliphatic rings. The zero-order valence-corrected chi connectivity index (χ0v) is 21.7. The minimum absolute atomic E-state index is 0.00522. The lowest BCUT2D eigenvalue weighted by Crippen LogP contribution is -2.54. The van der Waals surface area contributed by atoms with Crippen LogP contribution >= 0.6 is 23.2 Å². The molecule has 1 aliphatic heterocycles. The number of carboxylic acids is 1. The van der Waals surface area contributed by atoms with E-state index in [1.54, 1.807) is 18.2 Å². The maximum absolute atomic E-state index is 13.2. The van der Waals surface area contributed by atoms with E-state index in [-0.39, 0.29) is 53.6 Å². The van der Waals surface area contributed by atoms with E-state index >= 15 is 0 Å². The van der Waals surface area contributed by atoms with Crippen molar-refractivity contribution in [1.29, 1.82) is 5.41 Å². The molecule has 37 heavy (non-hydrogen) atoms. The number of fused-ring (bicyclic) bond motifs is 1. The molecule has 6 N–H and O–H groups in total. The molecule has 0 aliphatic carbocycles. The first-order valence-electron chi connectivity index (χ1n) is 10.9. The van der Waals surface area contributed by atoms with Crippen molar-refractivity contribution in [3.8, 4) is 11.5 Å². The van der Waals surface area contributed by atoms with Gasteiger partial charge in [0.25, 0.3) is 5.91 Å². The third-order valence-corrected chi connectivity index (χ3v) is 7.63. The average Bonchev–Trinajstić information content (AvgIpc) is 3.29. The number of amides is 1. The van der Waals surface area contributed by atoms with E-state index < -0.39 is 33.5 Å². The number of hydrogen-bond acceptors (Lipinski definition) is 8. The number of nitrogens with zero attached hydrogens (tertiary/aromatic N) is 1. The molecule has 0 saturated carbocycles. The monoisotopic (exact) mass is 573 g/mol. The molecule has 0 spiro atoms. The lowest BCUT2D eigenvalue weighted by atomic mass is 10.1. The van der Waals surface area contributed by atoms with Crippen LogP contribution in [0.25, 0.3) is 0 Å². The number of nitrogens with one attached hydrogen (secondary N) is 3. The van der Waals surface area contributed by atoms with Crippen LogP contribution in [-0.4, -0.2) is 61.5 Å². The number of ether oxygens (including phenoxy) is 2. The van der Waals surface area contributed by atoms with Crippen LogP contribution in [0.5, 0.6) is 11.5 Å². The van der Waals surface area contributed by atoms with Gasteiger partial charge >= 0.3 is 5.97 Å². The lowest BCUT2D eigenvalue weighted by Gasteiger charge is -2.30. The highest BCUT2D eigenvalue weighted by molar-refractivity contribution is 7.92. The molecule has 0 saturated heterocycles. The number of sulfone groups is 1. The number of carbonyl (C=O) groups excluding carboxylic acids is 1. The molecule has 0 unspecified atom stereocenters. The molecular formula is C22H25Cl2N5O7S. The summed E-state index contributed by atoms with van der Waals surface area (Å²) in [6.07, 6.45) is 0.174. The molecule has 1 atom stereocenters. The summed E-state index contributed by atoms with van der Waals surface area (Å²) in [5, 5.41) is 20.6. The lowest BCUT2D eigenvalue weighted by molar-refractivity contribution is -0.152. The van der Waals surface area contributed by atoms with Crippen LogP contribution in [-0.2, 0) is 26.0 Å². The summed E-state index contributed by atoms with van der Waals surface area (Å²) >= 11 is 11.8. The van der Waals surface area contributed by atoms with E-state index in [0.717, 1.165) is 11.1 Å². The van der Waals surface area contributed by atoms with Gasteiger partial charge in [-0.3, -0.25) is 15.2 Å². The van der Waals surface area contributed by atoms with Gasteiger partial charge in [0.1, 0.15) is 11.8 Å². The van der Waals surface area contributed by atoms with Crippen LogP contribution in [0.3, 0.4) is 0 Å². The van der Waals surface area contributed by atoms with Crippen LogP contribution in [0.4, 0.5) is 0 Å². The molecule has 2 aromatic rings. The first-order valence-corrected chi connectivity index (χ1v) is 13.3. The highest BCUT2D eigenvalue weighted by Crippen LogP contribution is 2.32. The van der Waals surface area contributed by atoms with Gasteiger partial charge in [0, 0.05) is 13.1 Å². The second-order valence-corrected chi connectivity index (χ2v) is 10.8. The van der Waals surface area contributed by atoms with Crippen molar-refractivity contribution in [2.24, 2.45) is 5.73 Å². The van der Waals surface area contributed by atoms with Crippen LogP contribution in [0.2, 0.25) is 10.0 Å². The van der Waals surface area contributed by atoms with E-state index in [9.17, 15) is 23.1 Å². The van der Waals surface area contributed by atoms with Crippen molar-refractivity contribution in [1.82, 2.24) is 15.8 Å². The predicted molar refractivity (Wildman–Crippen MR) is 135 cm³/mol. The fourth-order valence-corrected chi connectivity index (χ4v) is 5.03. The molecule has 0 aromatic heterocycles. The molecule has 0 fully saturated rings. The first-order chi connectivity index (χ1) is 17.5. The van der Waals surface area contributed by atoms with Gasteiger partial charge < -0.3 is 25.6 Å². The number of hydrogen-bond donors (Lipinski definition) is 5. The first kappa shape index (κ1) is 28.3. The fraction of sp³-hybridized carbons (Fsp3) is 0.318. The third kappa shape index (κ3) is 7.61. The predicted octanol–water partition coefficient (Wildman–Crippen LogP) is 1.75. The van der Waals surface area contributed by atoms with Gasteiger partial charge in [0.05, 0.1) is 14.9 Å². The minimum atomic E-state index is -4.19. The van der Waals surface area contributed by atoms with Gasteiger partial charge in [0.2, 0.25) is 6.79 Å². The number of aliphatic carboxylic acids is 1. The van der Waals surface area contributed by atoms with Gasteiger partial charge in [-0.1, -0.05) is 29.3 Å².